The highest BCUT2D eigenvalue weighted by molar-refractivity contribution is 6.17. The van der Waals surface area contributed by atoms with E-state index in [-0.39, 0.29) is 0 Å². The number of fused-ring (bicyclic) bond motifs is 1. The number of hydrogen-bond donors (Lipinski definition) is 2. The van der Waals surface area contributed by atoms with Gasteiger partial charge in [0.15, 0.2) is 24.5 Å². The summed E-state index contributed by atoms with van der Waals surface area (Å²) >= 11 is 0. The number of benzene rings is 2. The van der Waals surface area contributed by atoms with E-state index in [9.17, 15) is 0 Å². The molecule has 0 aliphatic carbocycles. The maximum Gasteiger partial charge on any atom is 0.569 e. The summed E-state index contributed by atoms with van der Waals surface area (Å²) in [7, 11) is 1.37. The van der Waals surface area contributed by atoms with Gasteiger partial charge in [0.1, 0.15) is 30.6 Å². The molecule has 2 aromatic carbocycles. The predicted molar refractivity (Wildman–Crippen MR) is 128 cm³/mol. The van der Waals surface area contributed by atoms with Gasteiger partial charge in [0.05, 0.1) is 11.3 Å². The number of pyridine rings is 1. The lowest BCUT2D eigenvalue weighted by Gasteiger charge is -2.08. The van der Waals surface area contributed by atoms with E-state index in [1.54, 1.807) is 18.7 Å². The fraction of sp³-hybridized carbons (Fsp3) is 0.0833. The van der Waals surface area contributed by atoms with Crippen LogP contribution in [0.5, 0.6) is 11.5 Å². The maximum absolute atomic E-state index is 8.99. The van der Waals surface area contributed by atoms with Crippen LogP contribution in [-0.2, 0) is 13.1 Å². The molecule has 0 fully saturated rings. The number of hydrogen-bond acceptors (Lipinski definition) is 6. The molecule has 0 spiro atoms. The lowest BCUT2D eigenvalue weighted by atomic mass is 10.2. The molecule has 0 aliphatic heterocycles. The topological polar surface area (TPSA) is 97.4 Å². The van der Waals surface area contributed by atoms with Crippen LogP contribution in [0.25, 0.3) is 16.9 Å². The Kier molecular flexibility index (Phi) is 6.69. The Hall–Kier alpha value is -4.21. The first-order valence-electron chi connectivity index (χ1n) is 10.9. The summed E-state index contributed by atoms with van der Waals surface area (Å²) in [5.74, 6) is 1.18. The molecule has 0 amide bonds. The molecular weight excluding hydrogens is 444 g/mol. The van der Waals surface area contributed by atoms with Gasteiger partial charge in [-0.25, -0.2) is 14.1 Å². The van der Waals surface area contributed by atoms with Crippen molar-refractivity contribution in [2.24, 2.45) is 0 Å². The second-order valence-corrected chi connectivity index (χ2v) is 7.76. The minimum atomic E-state index is 0.518. The lowest BCUT2D eigenvalue weighted by Crippen LogP contribution is -2.34. The van der Waals surface area contributed by atoms with Gasteiger partial charge < -0.3 is 19.4 Å². The molecule has 5 rings (SSSR count). The third kappa shape index (κ3) is 5.01. The summed E-state index contributed by atoms with van der Waals surface area (Å²) in [4.78, 5) is 9.16. The molecule has 0 saturated heterocycles. The first-order chi connectivity index (χ1) is 17.2. The Morgan fingerprint density at radius 2 is 1.37 bits per heavy atom. The molecule has 0 aliphatic rings. The highest BCUT2D eigenvalue weighted by Gasteiger charge is 2.16. The highest BCUT2D eigenvalue weighted by atomic mass is 16.5. The van der Waals surface area contributed by atoms with E-state index in [0.717, 1.165) is 28.0 Å². The Morgan fingerprint density at radius 3 is 2.00 bits per heavy atom. The fourth-order valence-electron chi connectivity index (χ4n) is 3.89. The summed E-state index contributed by atoms with van der Waals surface area (Å²) in [6, 6.07) is 19.0. The van der Waals surface area contributed by atoms with Gasteiger partial charge in [-0.3, -0.25) is 4.57 Å². The van der Waals surface area contributed by atoms with Crippen LogP contribution < -0.4 is 18.4 Å². The monoisotopic (exact) mass is 465 g/mol. The van der Waals surface area contributed by atoms with Gasteiger partial charge in [-0.15, -0.1) is 0 Å². The third-order valence-corrected chi connectivity index (χ3v) is 5.55. The van der Waals surface area contributed by atoms with Crippen LogP contribution in [0.1, 0.15) is 11.1 Å². The SMILES string of the molecule is O[B]Oc1ccccc1C[n+]1ccc(-n2cnc3c[n+](Cc4ccccc4O[B]O)cnc32)cc1. The minimum Gasteiger partial charge on any atom is -0.537 e. The molecule has 2 N–H and O–H groups in total. The Bertz CT molecular complexity index is 1450. The van der Waals surface area contributed by atoms with Gasteiger partial charge >= 0.3 is 15.4 Å². The standard InChI is InChI=1S/C24H21B2N5O4/c32-25-34-22-7-3-1-5-18(22)13-29-11-9-20(10-12-29)31-17-27-21-15-30(16-28-24(21)31)14-19-6-2-4-8-23(19)35-26-33/h1-12,15-17,32-33H,13-14H2/q+2. The Labute approximate surface area is 203 Å². The molecule has 0 bridgehead atoms. The molecule has 2 radical (unpaired) electrons. The molecule has 0 saturated carbocycles. The van der Waals surface area contributed by atoms with E-state index >= 15 is 0 Å². The average molecular weight is 465 g/mol. The zero-order valence-corrected chi connectivity index (χ0v) is 18.7. The maximum atomic E-state index is 8.99. The van der Waals surface area contributed by atoms with Crippen molar-refractivity contribution in [2.45, 2.75) is 13.1 Å². The summed E-state index contributed by atoms with van der Waals surface area (Å²) in [6.45, 7) is 1.11. The van der Waals surface area contributed by atoms with Gasteiger partial charge in [-0.2, -0.15) is 0 Å². The van der Waals surface area contributed by atoms with Crippen LogP contribution >= 0.6 is 0 Å². The molecule has 5 aromatic rings. The van der Waals surface area contributed by atoms with Crippen molar-refractivity contribution in [3.63, 3.8) is 0 Å². The molecule has 170 valence electrons. The number of para-hydroxylation sites is 2. The van der Waals surface area contributed by atoms with Crippen LogP contribution in [0.2, 0.25) is 0 Å². The summed E-state index contributed by atoms with van der Waals surface area (Å²) in [6.07, 6.45) is 9.37. The average Bonchev–Trinajstić information content (AvgIpc) is 3.30. The molecule has 3 heterocycles. The summed E-state index contributed by atoms with van der Waals surface area (Å²) in [5.41, 5.74) is 4.27. The lowest BCUT2D eigenvalue weighted by molar-refractivity contribution is -0.690. The molecule has 0 unspecified atom stereocenters. The molecular formula is C24H21B2N5O4+2. The van der Waals surface area contributed by atoms with E-state index < -0.39 is 0 Å². The predicted octanol–water partition coefficient (Wildman–Crippen LogP) is 0.903. The fourth-order valence-corrected chi connectivity index (χ4v) is 3.89. The van der Waals surface area contributed by atoms with Crippen LogP contribution in [0, 0.1) is 0 Å². The largest absolute Gasteiger partial charge is 0.569 e. The molecule has 0 atom stereocenters. The normalized spacial score (nSPS) is 10.8. The van der Waals surface area contributed by atoms with Crippen LogP contribution in [0.4, 0.5) is 0 Å². The van der Waals surface area contributed by atoms with Crippen molar-refractivity contribution in [1.82, 2.24) is 14.5 Å². The number of nitrogens with zero attached hydrogens (tertiary/aromatic N) is 5. The van der Waals surface area contributed by atoms with Crippen LogP contribution in [-0.4, -0.2) is 40.0 Å². The van der Waals surface area contributed by atoms with E-state index in [4.69, 9.17) is 19.4 Å². The first kappa shape index (κ1) is 22.6. The number of imidazole rings is 1. The first-order valence-corrected chi connectivity index (χ1v) is 10.9. The highest BCUT2D eigenvalue weighted by Crippen LogP contribution is 2.19. The minimum absolute atomic E-state index is 0.518. The summed E-state index contributed by atoms with van der Waals surface area (Å²) in [5, 5.41) is 18.0. The number of rotatable bonds is 9. The zero-order chi connectivity index (χ0) is 24.0. The van der Waals surface area contributed by atoms with Gasteiger partial charge in [-0.1, -0.05) is 30.3 Å². The van der Waals surface area contributed by atoms with E-state index in [1.807, 2.05) is 86.9 Å². The second-order valence-electron chi connectivity index (χ2n) is 7.76. The van der Waals surface area contributed by atoms with Gasteiger partial charge in [0.2, 0.25) is 0 Å². The van der Waals surface area contributed by atoms with E-state index in [2.05, 4.69) is 9.97 Å². The van der Waals surface area contributed by atoms with Gasteiger partial charge in [0, 0.05) is 17.7 Å². The van der Waals surface area contributed by atoms with Crippen molar-refractivity contribution >= 4 is 26.5 Å². The molecule has 11 heteroatoms. The third-order valence-electron chi connectivity index (χ3n) is 5.55. The van der Waals surface area contributed by atoms with E-state index in [0.29, 0.717) is 40.0 Å². The van der Waals surface area contributed by atoms with Crippen molar-refractivity contribution in [3.8, 4) is 17.2 Å². The zero-order valence-electron chi connectivity index (χ0n) is 18.7. The Morgan fingerprint density at radius 1 is 0.771 bits per heavy atom. The Balaban J connectivity index is 1.35. The number of aromatic nitrogens is 5. The van der Waals surface area contributed by atoms with Crippen LogP contribution in [0.3, 0.4) is 0 Å². The van der Waals surface area contributed by atoms with Crippen molar-refractivity contribution in [3.05, 3.63) is 103 Å². The van der Waals surface area contributed by atoms with Gasteiger partial charge in [-0.05, 0) is 23.2 Å². The van der Waals surface area contributed by atoms with Crippen molar-refractivity contribution < 1.29 is 28.5 Å². The molecule has 35 heavy (non-hydrogen) atoms. The van der Waals surface area contributed by atoms with Crippen molar-refractivity contribution in [1.29, 1.82) is 0 Å². The molecule has 9 nitrogen and oxygen atoms in total. The van der Waals surface area contributed by atoms with E-state index in [1.165, 1.54) is 0 Å². The van der Waals surface area contributed by atoms with Crippen LogP contribution in [0.15, 0.2) is 91.9 Å². The summed E-state index contributed by atoms with van der Waals surface area (Å²) < 4.78 is 16.2. The quantitative estimate of drug-likeness (QED) is 0.248. The smallest absolute Gasteiger partial charge is 0.537 e. The van der Waals surface area contributed by atoms with Gasteiger partial charge in [0.25, 0.3) is 12.0 Å². The molecule has 3 aromatic heterocycles. The van der Waals surface area contributed by atoms with Crippen molar-refractivity contribution in [2.75, 3.05) is 0 Å². The second kappa shape index (κ2) is 10.4.